The number of aromatic nitrogens is 3. The molecule has 2 aromatic heterocycles. The van der Waals surface area contributed by atoms with Crippen molar-refractivity contribution in [3.63, 3.8) is 0 Å². The first-order valence-corrected chi connectivity index (χ1v) is 9.94. The quantitative estimate of drug-likeness (QED) is 0.599. The van der Waals surface area contributed by atoms with Crippen LogP contribution in [0, 0.1) is 13.8 Å². The summed E-state index contributed by atoms with van der Waals surface area (Å²) in [6.07, 6.45) is 1.70. The molecule has 27 heavy (non-hydrogen) atoms. The molecule has 3 aromatic rings. The molecule has 0 radical (unpaired) electrons. The predicted molar refractivity (Wildman–Crippen MR) is 109 cm³/mol. The van der Waals surface area contributed by atoms with Gasteiger partial charge in [-0.15, -0.1) is 11.8 Å². The minimum Gasteiger partial charge on any atom is -0.337 e. The Kier molecular flexibility index (Phi) is 5.96. The highest BCUT2D eigenvalue weighted by Crippen LogP contribution is 2.21. The SMILES string of the molecule is CCSc1cc(C(=O)N(C)Cc2c(C)nn(-c3ccccc3)c2C)ccn1. The number of amides is 1. The number of hydrogen-bond donors (Lipinski definition) is 0. The van der Waals surface area contributed by atoms with Crippen molar-refractivity contribution < 1.29 is 4.79 Å². The fraction of sp³-hybridized carbons (Fsp3) is 0.286. The van der Waals surface area contributed by atoms with Gasteiger partial charge in [-0.05, 0) is 43.9 Å². The Morgan fingerprint density at radius 2 is 1.93 bits per heavy atom. The van der Waals surface area contributed by atoms with E-state index in [-0.39, 0.29) is 5.91 Å². The first-order chi connectivity index (χ1) is 13.0. The number of carbonyl (C=O) groups is 1. The second kappa shape index (κ2) is 8.39. The van der Waals surface area contributed by atoms with E-state index in [4.69, 9.17) is 0 Å². The molecule has 0 saturated carbocycles. The summed E-state index contributed by atoms with van der Waals surface area (Å²) < 4.78 is 1.94. The van der Waals surface area contributed by atoms with Crippen LogP contribution >= 0.6 is 11.8 Å². The first kappa shape index (κ1) is 19.2. The van der Waals surface area contributed by atoms with Crippen LogP contribution in [0.4, 0.5) is 0 Å². The molecule has 0 atom stereocenters. The van der Waals surface area contributed by atoms with E-state index in [0.29, 0.717) is 12.1 Å². The van der Waals surface area contributed by atoms with E-state index in [1.165, 1.54) is 0 Å². The van der Waals surface area contributed by atoms with Crippen molar-refractivity contribution in [2.24, 2.45) is 0 Å². The Morgan fingerprint density at radius 3 is 2.63 bits per heavy atom. The molecule has 3 rings (SSSR count). The van der Waals surface area contributed by atoms with E-state index in [2.05, 4.69) is 17.0 Å². The van der Waals surface area contributed by atoms with Crippen molar-refractivity contribution in [2.45, 2.75) is 32.3 Å². The molecule has 0 bridgehead atoms. The van der Waals surface area contributed by atoms with E-state index in [9.17, 15) is 4.79 Å². The number of benzene rings is 1. The normalized spacial score (nSPS) is 10.8. The Labute approximate surface area is 164 Å². The Hall–Kier alpha value is -2.60. The predicted octanol–water partition coefficient (Wildman–Crippen LogP) is 4.27. The Balaban J connectivity index is 1.82. The highest BCUT2D eigenvalue weighted by atomic mass is 32.2. The van der Waals surface area contributed by atoms with Gasteiger partial charge in [0.15, 0.2) is 0 Å². The molecule has 0 aliphatic carbocycles. The molecule has 0 aliphatic heterocycles. The van der Waals surface area contributed by atoms with E-state index in [0.717, 1.165) is 33.4 Å². The smallest absolute Gasteiger partial charge is 0.254 e. The van der Waals surface area contributed by atoms with Crippen molar-refractivity contribution in [1.82, 2.24) is 19.7 Å². The van der Waals surface area contributed by atoms with Crippen molar-refractivity contribution in [3.8, 4) is 5.69 Å². The molecule has 0 fully saturated rings. The first-order valence-electron chi connectivity index (χ1n) is 8.96. The summed E-state index contributed by atoms with van der Waals surface area (Å²) in [5, 5.41) is 5.55. The van der Waals surface area contributed by atoms with Gasteiger partial charge in [0.1, 0.15) is 0 Å². The van der Waals surface area contributed by atoms with Gasteiger partial charge in [0, 0.05) is 36.6 Å². The number of carbonyl (C=O) groups excluding carboxylic acids is 1. The average molecular weight is 381 g/mol. The third-order valence-corrected chi connectivity index (χ3v) is 5.27. The minimum atomic E-state index is -0.0124. The number of rotatable bonds is 6. The fourth-order valence-electron chi connectivity index (χ4n) is 3.02. The van der Waals surface area contributed by atoms with Gasteiger partial charge in [0.2, 0.25) is 0 Å². The number of hydrogen-bond acceptors (Lipinski definition) is 4. The molecule has 0 unspecified atom stereocenters. The third kappa shape index (κ3) is 4.22. The average Bonchev–Trinajstić information content (AvgIpc) is 2.96. The minimum absolute atomic E-state index is 0.0124. The maximum absolute atomic E-state index is 12.9. The second-order valence-corrected chi connectivity index (χ2v) is 7.66. The van der Waals surface area contributed by atoms with Gasteiger partial charge >= 0.3 is 0 Å². The molecule has 1 aromatic carbocycles. The van der Waals surface area contributed by atoms with Crippen LogP contribution in [-0.4, -0.2) is 38.4 Å². The molecule has 0 aliphatic rings. The van der Waals surface area contributed by atoms with E-state index in [1.54, 1.807) is 28.9 Å². The summed E-state index contributed by atoms with van der Waals surface area (Å²) in [7, 11) is 1.83. The lowest BCUT2D eigenvalue weighted by Gasteiger charge is -2.18. The van der Waals surface area contributed by atoms with E-state index >= 15 is 0 Å². The molecular weight excluding hydrogens is 356 g/mol. The number of nitrogens with zero attached hydrogens (tertiary/aromatic N) is 4. The lowest BCUT2D eigenvalue weighted by Crippen LogP contribution is -2.26. The van der Waals surface area contributed by atoms with Gasteiger partial charge in [-0.25, -0.2) is 9.67 Å². The van der Waals surface area contributed by atoms with Crippen LogP contribution in [0.3, 0.4) is 0 Å². The Morgan fingerprint density at radius 1 is 1.19 bits per heavy atom. The van der Waals surface area contributed by atoms with Gasteiger partial charge in [-0.2, -0.15) is 5.10 Å². The summed E-state index contributed by atoms with van der Waals surface area (Å²) in [5.41, 5.74) is 4.75. The second-order valence-electron chi connectivity index (χ2n) is 6.37. The fourth-order valence-corrected chi connectivity index (χ4v) is 3.66. The highest BCUT2D eigenvalue weighted by molar-refractivity contribution is 7.99. The summed E-state index contributed by atoms with van der Waals surface area (Å²) in [4.78, 5) is 18.9. The molecular formula is C21H24N4OS. The van der Waals surface area contributed by atoms with E-state index in [1.807, 2.05) is 62.0 Å². The number of para-hydroxylation sites is 1. The number of aryl methyl sites for hydroxylation is 1. The van der Waals surface area contributed by atoms with Crippen LogP contribution in [0.2, 0.25) is 0 Å². The molecule has 5 nitrogen and oxygen atoms in total. The molecule has 2 heterocycles. The van der Waals surface area contributed by atoms with Crippen LogP contribution in [0.25, 0.3) is 5.69 Å². The van der Waals surface area contributed by atoms with Gasteiger partial charge in [0.25, 0.3) is 5.91 Å². The molecule has 1 amide bonds. The third-order valence-electron chi connectivity index (χ3n) is 4.46. The zero-order chi connectivity index (χ0) is 19.4. The molecule has 140 valence electrons. The summed E-state index contributed by atoms with van der Waals surface area (Å²) in [6.45, 7) is 6.62. The van der Waals surface area contributed by atoms with Crippen molar-refractivity contribution in [2.75, 3.05) is 12.8 Å². The standard InChI is InChI=1S/C21H24N4OS/c1-5-27-20-13-17(11-12-22-20)21(26)24(4)14-19-15(2)23-25(16(19)3)18-9-7-6-8-10-18/h6-13H,5,14H2,1-4H3. The highest BCUT2D eigenvalue weighted by Gasteiger charge is 2.18. The molecule has 0 N–H and O–H groups in total. The number of pyridine rings is 1. The van der Waals surface area contributed by atoms with E-state index < -0.39 is 0 Å². The summed E-state index contributed by atoms with van der Waals surface area (Å²) in [5.74, 6) is 0.916. The zero-order valence-corrected chi connectivity index (χ0v) is 17.0. The van der Waals surface area contributed by atoms with Crippen LogP contribution in [0.5, 0.6) is 0 Å². The largest absolute Gasteiger partial charge is 0.337 e. The van der Waals surface area contributed by atoms with Gasteiger partial charge in [-0.1, -0.05) is 25.1 Å². The molecule has 0 spiro atoms. The Bertz CT molecular complexity index is 937. The maximum atomic E-state index is 12.9. The zero-order valence-electron chi connectivity index (χ0n) is 16.1. The van der Waals surface area contributed by atoms with Crippen molar-refractivity contribution >= 4 is 17.7 Å². The summed E-state index contributed by atoms with van der Waals surface area (Å²) in [6, 6.07) is 13.7. The maximum Gasteiger partial charge on any atom is 0.254 e. The van der Waals surface area contributed by atoms with Crippen molar-refractivity contribution in [3.05, 3.63) is 71.2 Å². The lowest BCUT2D eigenvalue weighted by atomic mass is 10.1. The van der Waals surface area contributed by atoms with Gasteiger partial charge in [0.05, 0.1) is 16.4 Å². The van der Waals surface area contributed by atoms with Gasteiger partial charge in [-0.3, -0.25) is 4.79 Å². The topological polar surface area (TPSA) is 51.0 Å². The van der Waals surface area contributed by atoms with Crippen LogP contribution in [0.1, 0.15) is 34.2 Å². The molecule has 6 heteroatoms. The number of thioether (sulfide) groups is 1. The van der Waals surface area contributed by atoms with Gasteiger partial charge < -0.3 is 4.90 Å². The van der Waals surface area contributed by atoms with Crippen LogP contribution < -0.4 is 0 Å². The van der Waals surface area contributed by atoms with Crippen molar-refractivity contribution in [1.29, 1.82) is 0 Å². The van der Waals surface area contributed by atoms with Crippen LogP contribution in [-0.2, 0) is 6.54 Å². The summed E-state index contributed by atoms with van der Waals surface area (Å²) >= 11 is 1.63. The van der Waals surface area contributed by atoms with Crippen LogP contribution in [0.15, 0.2) is 53.7 Å². The monoisotopic (exact) mass is 380 g/mol. The lowest BCUT2D eigenvalue weighted by molar-refractivity contribution is 0.0784. The molecule has 0 saturated heterocycles.